The first-order chi connectivity index (χ1) is 12.6. The molecule has 1 aromatic heterocycles. The molecule has 1 aliphatic rings. The number of hydrogen-bond acceptors (Lipinski definition) is 4. The summed E-state index contributed by atoms with van der Waals surface area (Å²) in [6, 6.07) is 7.01. The van der Waals surface area contributed by atoms with Crippen LogP contribution in [-0.2, 0) is 0 Å². The largest absolute Gasteiger partial charge is 0.350 e. The van der Waals surface area contributed by atoms with Crippen molar-refractivity contribution < 1.29 is 18.4 Å². The third kappa shape index (κ3) is 4.25. The minimum atomic E-state index is -0.839. The van der Waals surface area contributed by atoms with Crippen LogP contribution in [0.5, 0.6) is 0 Å². The lowest BCUT2D eigenvalue weighted by Gasteiger charge is -2.34. The van der Waals surface area contributed by atoms with Crippen LogP contribution < -0.4 is 5.32 Å². The molecule has 1 fully saturated rings. The second-order valence-corrected chi connectivity index (χ2v) is 6.91. The molecule has 0 radical (unpaired) electrons. The van der Waals surface area contributed by atoms with Gasteiger partial charge in [0.15, 0.2) is 0 Å². The number of halogens is 2. The molecule has 2 aromatic rings. The van der Waals surface area contributed by atoms with E-state index in [0.717, 1.165) is 12.1 Å². The van der Waals surface area contributed by atoms with E-state index in [-0.39, 0.29) is 5.91 Å². The number of carbonyl (C=O) groups is 2. The fraction of sp³-hybridized carbons (Fsp3) is 0.333. The zero-order valence-electron chi connectivity index (χ0n) is 14.1. The third-order valence-electron chi connectivity index (χ3n) is 4.29. The minimum Gasteiger partial charge on any atom is -0.350 e. The van der Waals surface area contributed by atoms with Gasteiger partial charge in [0.25, 0.3) is 11.8 Å². The Balaban J connectivity index is 1.45. The smallest absolute Gasteiger partial charge is 0.261 e. The predicted octanol–water partition coefficient (Wildman–Crippen LogP) is 2.21. The van der Waals surface area contributed by atoms with Crippen molar-refractivity contribution in [2.75, 3.05) is 39.3 Å². The van der Waals surface area contributed by atoms with E-state index in [1.54, 1.807) is 6.07 Å². The van der Waals surface area contributed by atoms with Crippen molar-refractivity contribution in [3.8, 4) is 0 Å². The highest BCUT2D eigenvalue weighted by molar-refractivity contribution is 7.12. The van der Waals surface area contributed by atoms with Crippen LogP contribution in [0, 0.1) is 11.6 Å². The first-order valence-corrected chi connectivity index (χ1v) is 9.21. The van der Waals surface area contributed by atoms with Crippen LogP contribution in [0.15, 0.2) is 35.7 Å². The number of rotatable bonds is 5. The van der Waals surface area contributed by atoms with E-state index >= 15 is 0 Å². The van der Waals surface area contributed by atoms with Crippen molar-refractivity contribution >= 4 is 23.2 Å². The first-order valence-electron chi connectivity index (χ1n) is 8.33. The van der Waals surface area contributed by atoms with E-state index in [2.05, 4.69) is 10.2 Å². The SMILES string of the molecule is O=C(NCCN1CCN(C(=O)c2c(F)cccc2F)CC1)c1cccs1. The van der Waals surface area contributed by atoms with Crippen molar-refractivity contribution in [1.82, 2.24) is 15.1 Å². The van der Waals surface area contributed by atoms with Gasteiger partial charge in [-0.25, -0.2) is 8.78 Å². The summed E-state index contributed by atoms with van der Waals surface area (Å²) in [5.74, 6) is -2.39. The van der Waals surface area contributed by atoms with Gasteiger partial charge in [0, 0.05) is 39.3 Å². The number of thiophene rings is 1. The van der Waals surface area contributed by atoms with Crippen LogP contribution >= 0.6 is 11.3 Å². The Morgan fingerprint density at radius 3 is 2.35 bits per heavy atom. The van der Waals surface area contributed by atoms with Gasteiger partial charge in [-0.15, -0.1) is 11.3 Å². The molecule has 1 aromatic carbocycles. The fourth-order valence-corrected chi connectivity index (χ4v) is 3.50. The number of hydrogen-bond donors (Lipinski definition) is 1. The molecule has 3 rings (SSSR count). The molecule has 2 heterocycles. The highest BCUT2D eigenvalue weighted by atomic mass is 32.1. The standard InChI is InChI=1S/C18H19F2N3O2S/c19-13-3-1-4-14(20)16(13)18(25)23-10-8-22(9-11-23)7-6-21-17(24)15-5-2-12-26-15/h1-5,12H,6-11H2,(H,21,24). The van der Waals surface area contributed by atoms with Gasteiger partial charge in [-0.2, -0.15) is 0 Å². The van der Waals surface area contributed by atoms with Gasteiger partial charge in [0.2, 0.25) is 0 Å². The van der Waals surface area contributed by atoms with Crippen LogP contribution in [0.4, 0.5) is 8.78 Å². The Morgan fingerprint density at radius 2 is 1.73 bits per heavy atom. The quantitative estimate of drug-likeness (QED) is 0.867. The van der Waals surface area contributed by atoms with Crippen LogP contribution in [0.3, 0.4) is 0 Å². The normalized spacial score (nSPS) is 15.1. The van der Waals surface area contributed by atoms with Crippen LogP contribution in [0.2, 0.25) is 0 Å². The number of benzene rings is 1. The first kappa shape index (κ1) is 18.5. The molecule has 2 amide bonds. The van der Waals surface area contributed by atoms with Gasteiger partial charge in [-0.3, -0.25) is 14.5 Å². The maximum atomic E-state index is 13.8. The van der Waals surface area contributed by atoms with E-state index in [1.807, 2.05) is 11.4 Å². The summed E-state index contributed by atoms with van der Waals surface area (Å²) in [6.45, 7) is 3.14. The number of nitrogens with one attached hydrogen (secondary N) is 1. The molecular weight excluding hydrogens is 360 g/mol. The van der Waals surface area contributed by atoms with Crippen LogP contribution in [0.25, 0.3) is 0 Å². The Morgan fingerprint density at radius 1 is 1.04 bits per heavy atom. The molecule has 0 spiro atoms. The van der Waals surface area contributed by atoms with E-state index in [0.29, 0.717) is 44.1 Å². The summed E-state index contributed by atoms with van der Waals surface area (Å²) in [7, 11) is 0. The summed E-state index contributed by atoms with van der Waals surface area (Å²) in [5, 5.41) is 4.71. The molecule has 0 bridgehead atoms. The maximum absolute atomic E-state index is 13.8. The summed E-state index contributed by atoms with van der Waals surface area (Å²) in [5.41, 5.74) is -0.496. The van der Waals surface area contributed by atoms with Crippen molar-refractivity contribution in [1.29, 1.82) is 0 Å². The van der Waals surface area contributed by atoms with Gasteiger partial charge in [-0.1, -0.05) is 12.1 Å². The van der Waals surface area contributed by atoms with Gasteiger partial charge < -0.3 is 10.2 Å². The number of carbonyl (C=O) groups excluding carboxylic acids is 2. The van der Waals surface area contributed by atoms with E-state index in [1.165, 1.54) is 22.3 Å². The molecule has 0 unspecified atom stereocenters. The maximum Gasteiger partial charge on any atom is 0.261 e. The van der Waals surface area contributed by atoms with Gasteiger partial charge in [0.1, 0.15) is 17.2 Å². The second kappa shape index (κ2) is 8.37. The van der Waals surface area contributed by atoms with Crippen molar-refractivity contribution in [2.45, 2.75) is 0 Å². The van der Waals surface area contributed by atoms with Crippen molar-refractivity contribution in [3.63, 3.8) is 0 Å². The van der Waals surface area contributed by atoms with E-state index in [4.69, 9.17) is 0 Å². The number of amides is 2. The molecule has 1 saturated heterocycles. The Hall–Kier alpha value is -2.32. The minimum absolute atomic E-state index is 0.0937. The molecule has 8 heteroatoms. The topological polar surface area (TPSA) is 52.7 Å². The summed E-state index contributed by atoms with van der Waals surface area (Å²) in [4.78, 5) is 28.5. The molecule has 1 aliphatic heterocycles. The van der Waals surface area contributed by atoms with Crippen LogP contribution in [0.1, 0.15) is 20.0 Å². The molecule has 0 aliphatic carbocycles. The lowest BCUT2D eigenvalue weighted by atomic mass is 10.1. The van der Waals surface area contributed by atoms with Crippen LogP contribution in [-0.4, -0.2) is 60.9 Å². The van der Waals surface area contributed by atoms with Crippen molar-refractivity contribution in [2.24, 2.45) is 0 Å². The van der Waals surface area contributed by atoms with Crippen molar-refractivity contribution in [3.05, 3.63) is 57.8 Å². The number of piperazine rings is 1. The molecule has 138 valence electrons. The van der Waals surface area contributed by atoms with Gasteiger partial charge in [-0.05, 0) is 23.6 Å². The second-order valence-electron chi connectivity index (χ2n) is 5.96. The fourth-order valence-electron chi connectivity index (χ4n) is 2.86. The Kier molecular flexibility index (Phi) is 5.95. The molecule has 26 heavy (non-hydrogen) atoms. The zero-order valence-corrected chi connectivity index (χ0v) is 14.9. The summed E-state index contributed by atoms with van der Waals surface area (Å²) >= 11 is 1.39. The molecule has 5 nitrogen and oxygen atoms in total. The summed E-state index contributed by atoms with van der Waals surface area (Å²) in [6.07, 6.45) is 0. The Labute approximate surface area is 154 Å². The summed E-state index contributed by atoms with van der Waals surface area (Å²) < 4.78 is 27.5. The molecular formula is C18H19F2N3O2S. The Bertz CT molecular complexity index is 754. The van der Waals surface area contributed by atoms with Gasteiger partial charge in [0.05, 0.1) is 4.88 Å². The average molecular weight is 379 g/mol. The lowest BCUT2D eigenvalue weighted by molar-refractivity contribution is 0.0628. The monoisotopic (exact) mass is 379 g/mol. The van der Waals surface area contributed by atoms with E-state index in [9.17, 15) is 18.4 Å². The van der Waals surface area contributed by atoms with E-state index < -0.39 is 23.1 Å². The van der Waals surface area contributed by atoms with Gasteiger partial charge >= 0.3 is 0 Å². The molecule has 1 N–H and O–H groups in total. The molecule has 0 saturated carbocycles. The number of nitrogens with zero attached hydrogens (tertiary/aromatic N) is 2. The predicted molar refractivity (Wildman–Crippen MR) is 95.4 cm³/mol. The third-order valence-corrected chi connectivity index (χ3v) is 5.16. The average Bonchev–Trinajstić information content (AvgIpc) is 3.17. The highest BCUT2D eigenvalue weighted by Gasteiger charge is 2.26. The molecule has 0 atom stereocenters. The lowest BCUT2D eigenvalue weighted by Crippen LogP contribution is -2.50. The highest BCUT2D eigenvalue weighted by Crippen LogP contribution is 2.16. The zero-order chi connectivity index (χ0) is 18.5.